The first-order chi connectivity index (χ1) is 6.24. The Morgan fingerprint density at radius 3 is 2.15 bits per heavy atom. The second-order valence-electron chi connectivity index (χ2n) is 3.19. The molecule has 0 bridgehead atoms. The number of carbonyl (C=O) groups is 1. The van der Waals surface area contributed by atoms with Crippen LogP contribution in [-0.4, -0.2) is 38.0 Å². The van der Waals surface area contributed by atoms with Gasteiger partial charge in [-0.1, -0.05) is 13.8 Å². The fourth-order valence-electron chi connectivity index (χ4n) is 1.47. The predicted octanol–water partition coefficient (Wildman–Crippen LogP) is 1.10. The molecule has 0 saturated carbocycles. The van der Waals surface area contributed by atoms with Gasteiger partial charge in [-0.15, -0.1) is 0 Å². The molecule has 1 amide bonds. The van der Waals surface area contributed by atoms with Crippen LogP contribution >= 0.6 is 0 Å². The molecule has 3 heteroatoms. The van der Waals surface area contributed by atoms with Gasteiger partial charge in [0.1, 0.15) is 0 Å². The number of likely N-dealkylation sites (tertiary alicyclic amines) is 1. The molecule has 0 aromatic heterocycles. The van der Waals surface area contributed by atoms with Gasteiger partial charge in [0.2, 0.25) is 5.91 Å². The molecule has 78 valence electrons. The lowest BCUT2D eigenvalue weighted by Gasteiger charge is -2.27. The lowest BCUT2D eigenvalue weighted by molar-refractivity contribution is -0.125. The van der Waals surface area contributed by atoms with Crippen LogP contribution in [-0.2, 0) is 4.79 Å². The third-order valence-electron chi connectivity index (χ3n) is 2.34. The molecular weight excluding hydrogens is 164 g/mol. The molecule has 1 N–H and O–H groups in total. The first-order valence-electron chi connectivity index (χ1n) is 5.14. The summed E-state index contributed by atoms with van der Waals surface area (Å²) in [5, 5.41) is 2.69. The Morgan fingerprint density at radius 1 is 1.31 bits per heavy atom. The van der Waals surface area contributed by atoms with Crippen molar-refractivity contribution in [1.82, 2.24) is 10.2 Å². The number of piperidine rings is 1. The van der Waals surface area contributed by atoms with Crippen molar-refractivity contribution in [3.05, 3.63) is 0 Å². The highest BCUT2D eigenvalue weighted by Gasteiger charge is 2.21. The van der Waals surface area contributed by atoms with Crippen molar-refractivity contribution < 1.29 is 4.79 Å². The fraction of sp³-hybridized carbons (Fsp3) is 0.900. The van der Waals surface area contributed by atoms with E-state index in [0.717, 1.165) is 25.9 Å². The number of carbonyl (C=O) groups excluding carboxylic acids is 1. The Balaban J connectivity index is 0.000000671. The summed E-state index contributed by atoms with van der Waals surface area (Å²) < 4.78 is 0. The molecule has 0 unspecified atom stereocenters. The van der Waals surface area contributed by atoms with Gasteiger partial charge in [0, 0.05) is 13.0 Å². The minimum atomic E-state index is 0.207. The quantitative estimate of drug-likeness (QED) is 0.665. The Bertz CT molecular complexity index is 140. The summed E-state index contributed by atoms with van der Waals surface area (Å²) in [7, 11) is 3.81. The lowest BCUT2D eigenvalue weighted by Crippen LogP contribution is -2.37. The second kappa shape index (κ2) is 6.89. The molecule has 0 atom stereocenters. The third kappa shape index (κ3) is 4.27. The maximum atomic E-state index is 11.1. The topological polar surface area (TPSA) is 32.3 Å². The van der Waals surface area contributed by atoms with E-state index in [2.05, 4.69) is 17.3 Å². The number of hydrogen-bond acceptors (Lipinski definition) is 2. The molecule has 1 rings (SSSR count). The third-order valence-corrected chi connectivity index (χ3v) is 2.34. The van der Waals surface area contributed by atoms with E-state index in [-0.39, 0.29) is 11.8 Å². The standard InChI is InChI=1S/C8H16N2O.C2H6/c1-9-8(11)7-3-5-10(2)6-4-7;1-2/h7H,3-6H2,1-2H3,(H,9,11);1-2H3. The van der Waals surface area contributed by atoms with Gasteiger partial charge >= 0.3 is 0 Å². The predicted molar refractivity (Wildman–Crippen MR) is 55.6 cm³/mol. The largest absolute Gasteiger partial charge is 0.359 e. The van der Waals surface area contributed by atoms with Crippen molar-refractivity contribution in [3.8, 4) is 0 Å². The molecule has 13 heavy (non-hydrogen) atoms. The van der Waals surface area contributed by atoms with E-state index in [4.69, 9.17) is 0 Å². The van der Waals surface area contributed by atoms with E-state index in [1.807, 2.05) is 13.8 Å². The van der Waals surface area contributed by atoms with E-state index in [1.54, 1.807) is 7.05 Å². The van der Waals surface area contributed by atoms with Crippen molar-refractivity contribution >= 4 is 5.91 Å². The highest BCUT2D eigenvalue weighted by molar-refractivity contribution is 5.78. The monoisotopic (exact) mass is 186 g/mol. The van der Waals surface area contributed by atoms with Crippen molar-refractivity contribution in [2.75, 3.05) is 27.2 Å². The minimum Gasteiger partial charge on any atom is -0.359 e. The molecule has 1 saturated heterocycles. The van der Waals surface area contributed by atoms with E-state index in [1.165, 1.54) is 0 Å². The van der Waals surface area contributed by atoms with E-state index in [9.17, 15) is 4.79 Å². The summed E-state index contributed by atoms with van der Waals surface area (Å²) in [5.41, 5.74) is 0. The van der Waals surface area contributed by atoms with E-state index in [0.29, 0.717) is 0 Å². The van der Waals surface area contributed by atoms with Crippen LogP contribution in [0.5, 0.6) is 0 Å². The zero-order valence-electron chi connectivity index (χ0n) is 9.26. The van der Waals surface area contributed by atoms with Crippen LogP contribution in [0, 0.1) is 5.92 Å². The smallest absolute Gasteiger partial charge is 0.222 e. The van der Waals surface area contributed by atoms with E-state index < -0.39 is 0 Å². The summed E-state index contributed by atoms with van der Waals surface area (Å²) in [6.07, 6.45) is 2.02. The van der Waals surface area contributed by atoms with Crippen LogP contribution in [0.15, 0.2) is 0 Å². The zero-order valence-corrected chi connectivity index (χ0v) is 9.26. The summed E-state index contributed by atoms with van der Waals surface area (Å²) in [5.74, 6) is 0.467. The molecule has 1 aliphatic rings. The molecule has 0 aromatic carbocycles. The normalized spacial score (nSPS) is 18.8. The lowest BCUT2D eigenvalue weighted by atomic mass is 9.96. The van der Waals surface area contributed by atoms with E-state index >= 15 is 0 Å². The van der Waals surface area contributed by atoms with Crippen LogP contribution in [0.25, 0.3) is 0 Å². The molecule has 0 aromatic rings. The highest BCUT2D eigenvalue weighted by Crippen LogP contribution is 2.15. The van der Waals surface area contributed by atoms with Crippen molar-refractivity contribution in [3.63, 3.8) is 0 Å². The number of hydrogen-bond donors (Lipinski definition) is 1. The Kier molecular flexibility index (Phi) is 6.59. The number of nitrogens with zero attached hydrogens (tertiary/aromatic N) is 1. The molecule has 0 aliphatic carbocycles. The van der Waals surface area contributed by atoms with Gasteiger partial charge in [-0.05, 0) is 33.0 Å². The first-order valence-corrected chi connectivity index (χ1v) is 5.14. The van der Waals surface area contributed by atoms with Crippen molar-refractivity contribution in [2.24, 2.45) is 5.92 Å². The minimum absolute atomic E-state index is 0.207. The van der Waals surface area contributed by atoms with Crippen LogP contribution in [0.4, 0.5) is 0 Å². The summed E-state index contributed by atoms with van der Waals surface area (Å²) in [4.78, 5) is 13.4. The second-order valence-corrected chi connectivity index (χ2v) is 3.19. The van der Waals surface area contributed by atoms with Crippen molar-refractivity contribution in [1.29, 1.82) is 0 Å². The van der Waals surface area contributed by atoms with Gasteiger partial charge in [-0.3, -0.25) is 4.79 Å². The van der Waals surface area contributed by atoms with Crippen LogP contribution < -0.4 is 5.32 Å². The van der Waals surface area contributed by atoms with Crippen LogP contribution in [0.3, 0.4) is 0 Å². The number of rotatable bonds is 1. The molecule has 0 radical (unpaired) electrons. The average Bonchev–Trinajstić information content (AvgIpc) is 2.21. The number of nitrogens with one attached hydrogen (secondary N) is 1. The molecule has 1 aliphatic heterocycles. The Hall–Kier alpha value is -0.570. The highest BCUT2D eigenvalue weighted by atomic mass is 16.1. The van der Waals surface area contributed by atoms with Crippen LogP contribution in [0.2, 0.25) is 0 Å². The maximum Gasteiger partial charge on any atom is 0.222 e. The van der Waals surface area contributed by atoms with Gasteiger partial charge in [-0.25, -0.2) is 0 Å². The molecule has 0 spiro atoms. The number of amides is 1. The molecular formula is C10H22N2O. The first kappa shape index (κ1) is 12.4. The molecule has 3 nitrogen and oxygen atoms in total. The average molecular weight is 186 g/mol. The summed E-state index contributed by atoms with van der Waals surface area (Å²) in [6.45, 7) is 6.11. The van der Waals surface area contributed by atoms with Gasteiger partial charge in [-0.2, -0.15) is 0 Å². The van der Waals surface area contributed by atoms with Gasteiger partial charge in [0.15, 0.2) is 0 Å². The van der Waals surface area contributed by atoms with Crippen LogP contribution in [0.1, 0.15) is 26.7 Å². The van der Waals surface area contributed by atoms with Gasteiger partial charge in [0.25, 0.3) is 0 Å². The summed E-state index contributed by atoms with van der Waals surface area (Å²) in [6, 6.07) is 0. The van der Waals surface area contributed by atoms with Gasteiger partial charge in [0.05, 0.1) is 0 Å². The zero-order chi connectivity index (χ0) is 10.3. The Morgan fingerprint density at radius 2 is 1.77 bits per heavy atom. The Labute approximate surface area is 81.5 Å². The summed E-state index contributed by atoms with van der Waals surface area (Å²) >= 11 is 0. The maximum absolute atomic E-state index is 11.1. The SMILES string of the molecule is CC.CNC(=O)C1CCN(C)CC1. The fourth-order valence-corrected chi connectivity index (χ4v) is 1.47. The van der Waals surface area contributed by atoms with Crippen molar-refractivity contribution in [2.45, 2.75) is 26.7 Å². The molecule has 1 fully saturated rings. The molecule has 1 heterocycles. The van der Waals surface area contributed by atoms with Gasteiger partial charge < -0.3 is 10.2 Å².